The van der Waals surface area contributed by atoms with Crippen molar-refractivity contribution in [2.45, 2.75) is 17.5 Å². The van der Waals surface area contributed by atoms with Gasteiger partial charge < -0.3 is 19.4 Å². The van der Waals surface area contributed by atoms with Gasteiger partial charge in [-0.1, -0.05) is 0 Å². The molecule has 1 aliphatic heterocycles. The van der Waals surface area contributed by atoms with Crippen LogP contribution < -0.4 is 10.0 Å². The lowest BCUT2D eigenvalue weighted by molar-refractivity contribution is -0.0846. The fourth-order valence-corrected chi connectivity index (χ4v) is 3.18. The van der Waals surface area contributed by atoms with Gasteiger partial charge in [0.15, 0.2) is 0 Å². The fourth-order valence-electron chi connectivity index (χ4n) is 2.02. The zero-order valence-electron chi connectivity index (χ0n) is 11.8. The molecule has 114 valence electrons. The molecule has 1 saturated heterocycles. The predicted molar refractivity (Wildman–Crippen MR) is 73.9 cm³/mol. The van der Waals surface area contributed by atoms with Crippen LogP contribution in [-0.4, -0.2) is 52.5 Å². The summed E-state index contributed by atoms with van der Waals surface area (Å²) in [5.41, 5.74) is 0.908. The van der Waals surface area contributed by atoms with Crippen molar-refractivity contribution in [2.75, 3.05) is 33.4 Å². The Morgan fingerprint density at radius 3 is 2.90 bits per heavy atom. The van der Waals surface area contributed by atoms with Gasteiger partial charge in [-0.05, 0) is 13.1 Å². The van der Waals surface area contributed by atoms with Crippen molar-refractivity contribution in [3.8, 4) is 0 Å². The monoisotopic (exact) mass is 303 g/mol. The molecule has 1 aromatic heterocycles. The normalized spacial score (nSPS) is 20.2. The highest BCUT2D eigenvalue weighted by atomic mass is 32.2. The first kappa shape index (κ1) is 15.5. The Hall–Kier alpha value is -0.930. The molecule has 0 spiro atoms. The van der Waals surface area contributed by atoms with Gasteiger partial charge in [-0.25, -0.2) is 13.1 Å². The molecule has 8 heteroatoms. The lowest BCUT2D eigenvalue weighted by Crippen LogP contribution is -2.39. The molecule has 1 aliphatic rings. The van der Waals surface area contributed by atoms with Crippen LogP contribution >= 0.6 is 0 Å². The first-order chi connectivity index (χ1) is 9.53. The van der Waals surface area contributed by atoms with E-state index < -0.39 is 10.0 Å². The third kappa shape index (κ3) is 3.80. The number of sulfonamides is 1. The summed E-state index contributed by atoms with van der Waals surface area (Å²) < 4.78 is 39.4. The second-order valence-electron chi connectivity index (χ2n) is 4.73. The van der Waals surface area contributed by atoms with E-state index >= 15 is 0 Å². The molecule has 0 saturated carbocycles. The quantitative estimate of drug-likeness (QED) is 0.736. The van der Waals surface area contributed by atoms with Gasteiger partial charge in [0.25, 0.3) is 0 Å². The van der Waals surface area contributed by atoms with Crippen LogP contribution in [0.2, 0.25) is 0 Å². The van der Waals surface area contributed by atoms with Crippen LogP contribution in [0.4, 0.5) is 0 Å². The minimum atomic E-state index is -3.51. The highest BCUT2D eigenvalue weighted by Crippen LogP contribution is 2.13. The van der Waals surface area contributed by atoms with Crippen molar-refractivity contribution >= 4 is 10.0 Å². The van der Waals surface area contributed by atoms with Gasteiger partial charge in [0.05, 0.1) is 30.8 Å². The number of aryl methyl sites for hydroxylation is 1. The molecule has 1 atom stereocenters. The molecule has 0 amide bonds. The van der Waals surface area contributed by atoms with E-state index in [4.69, 9.17) is 9.47 Å². The third-order valence-corrected chi connectivity index (χ3v) is 4.53. The van der Waals surface area contributed by atoms with E-state index in [0.29, 0.717) is 26.4 Å². The maximum Gasteiger partial charge on any atom is 0.242 e. The van der Waals surface area contributed by atoms with Crippen LogP contribution in [0.15, 0.2) is 17.2 Å². The number of aromatic nitrogens is 1. The molecule has 7 nitrogen and oxygen atoms in total. The first-order valence-corrected chi connectivity index (χ1v) is 8.00. The zero-order chi connectivity index (χ0) is 14.6. The Morgan fingerprint density at radius 2 is 2.25 bits per heavy atom. The van der Waals surface area contributed by atoms with E-state index in [2.05, 4.69) is 10.0 Å². The SMILES string of the molecule is CNCc1cc(S(=O)(=O)NCC2COCCO2)cn1C. The highest BCUT2D eigenvalue weighted by molar-refractivity contribution is 7.89. The second-order valence-corrected chi connectivity index (χ2v) is 6.49. The number of rotatable bonds is 6. The van der Waals surface area contributed by atoms with E-state index in [-0.39, 0.29) is 17.5 Å². The van der Waals surface area contributed by atoms with Crippen LogP contribution in [0.1, 0.15) is 5.69 Å². The topological polar surface area (TPSA) is 81.6 Å². The summed E-state index contributed by atoms with van der Waals surface area (Å²) in [5.74, 6) is 0. The van der Waals surface area contributed by atoms with Gasteiger partial charge >= 0.3 is 0 Å². The average molecular weight is 303 g/mol. The van der Waals surface area contributed by atoms with E-state index in [1.54, 1.807) is 16.8 Å². The molecule has 1 unspecified atom stereocenters. The number of nitrogens with one attached hydrogen (secondary N) is 2. The summed E-state index contributed by atoms with van der Waals surface area (Å²) in [6.07, 6.45) is 1.38. The summed E-state index contributed by atoms with van der Waals surface area (Å²) in [7, 11) is 0.129. The number of ether oxygens (including phenoxy) is 2. The van der Waals surface area contributed by atoms with Gasteiger partial charge in [-0.15, -0.1) is 0 Å². The molecule has 0 aliphatic carbocycles. The Kier molecular flexibility index (Phi) is 5.17. The van der Waals surface area contributed by atoms with Crippen LogP contribution in [0.3, 0.4) is 0 Å². The summed E-state index contributed by atoms with van der Waals surface area (Å²) in [6, 6.07) is 1.66. The molecule has 2 heterocycles. The van der Waals surface area contributed by atoms with Crippen molar-refractivity contribution in [3.05, 3.63) is 18.0 Å². The van der Waals surface area contributed by atoms with Crippen LogP contribution in [0.5, 0.6) is 0 Å². The van der Waals surface area contributed by atoms with Crippen molar-refractivity contribution in [3.63, 3.8) is 0 Å². The molecule has 20 heavy (non-hydrogen) atoms. The molecular weight excluding hydrogens is 282 g/mol. The number of hydrogen-bond acceptors (Lipinski definition) is 5. The summed E-state index contributed by atoms with van der Waals surface area (Å²) in [5, 5.41) is 3.00. The summed E-state index contributed by atoms with van der Waals surface area (Å²) in [4.78, 5) is 0.266. The zero-order valence-corrected chi connectivity index (χ0v) is 12.6. The molecule has 0 bridgehead atoms. The first-order valence-electron chi connectivity index (χ1n) is 6.52. The van der Waals surface area contributed by atoms with Gasteiger partial charge in [0.1, 0.15) is 0 Å². The molecule has 2 N–H and O–H groups in total. The van der Waals surface area contributed by atoms with Crippen LogP contribution in [0.25, 0.3) is 0 Å². The minimum Gasteiger partial charge on any atom is -0.376 e. The largest absolute Gasteiger partial charge is 0.376 e. The summed E-state index contributed by atoms with van der Waals surface area (Å²) >= 11 is 0. The fraction of sp³-hybridized carbons (Fsp3) is 0.667. The Labute approximate surface area is 119 Å². The standard InChI is InChI=1S/C12H21N3O4S/c1-13-6-10-5-12(8-15(10)2)20(16,17)14-7-11-9-18-3-4-19-11/h5,8,11,13-14H,3-4,6-7,9H2,1-2H3. The Morgan fingerprint density at radius 1 is 1.45 bits per heavy atom. The Balaban J connectivity index is 2.00. The summed E-state index contributed by atoms with van der Waals surface area (Å²) in [6.45, 7) is 2.33. The van der Waals surface area contributed by atoms with Crippen LogP contribution in [0, 0.1) is 0 Å². The molecule has 0 radical (unpaired) electrons. The van der Waals surface area contributed by atoms with Crippen molar-refractivity contribution in [2.24, 2.45) is 7.05 Å². The second kappa shape index (κ2) is 6.68. The number of hydrogen-bond donors (Lipinski definition) is 2. The minimum absolute atomic E-state index is 0.221. The molecule has 0 aromatic carbocycles. The number of nitrogens with zero attached hydrogens (tertiary/aromatic N) is 1. The van der Waals surface area contributed by atoms with Crippen molar-refractivity contribution < 1.29 is 17.9 Å². The third-order valence-electron chi connectivity index (χ3n) is 3.14. The van der Waals surface area contributed by atoms with E-state index in [1.807, 2.05) is 14.1 Å². The maximum absolute atomic E-state index is 12.2. The highest BCUT2D eigenvalue weighted by Gasteiger charge is 2.21. The molecule has 1 fully saturated rings. The molecule has 1 aromatic rings. The van der Waals surface area contributed by atoms with Crippen molar-refractivity contribution in [1.29, 1.82) is 0 Å². The van der Waals surface area contributed by atoms with E-state index in [9.17, 15) is 8.42 Å². The molecular formula is C12H21N3O4S. The predicted octanol–water partition coefficient (Wildman–Crippen LogP) is -0.562. The van der Waals surface area contributed by atoms with Crippen LogP contribution in [-0.2, 0) is 33.1 Å². The van der Waals surface area contributed by atoms with Crippen molar-refractivity contribution in [1.82, 2.24) is 14.6 Å². The average Bonchev–Trinajstić information content (AvgIpc) is 2.81. The lowest BCUT2D eigenvalue weighted by Gasteiger charge is -2.22. The Bertz CT molecular complexity index is 535. The van der Waals surface area contributed by atoms with E-state index in [0.717, 1.165) is 5.69 Å². The van der Waals surface area contributed by atoms with E-state index in [1.165, 1.54) is 0 Å². The smallest absolute Gasteiger partial charge is 0.242 e. The van der Waals surface area contributed by atoms with Gasteiger partial charge in [-0.2, -0.15) is 0 Å². The maximum atomic E-state index is 12.2. The van der Waals surface area contributed by atoms with Gasteiger partial charge in [0, 0.05) is 32.0 Å². The lowest BCUT2D eigenvalue weighted by atomic mass is 10.3. The van der Waals surface area contributed by atoms with Gasteiger partial charge in [-0.3, -0.25) is 0 Å². The van der Waals surface area contributed by atoms with Gasteiger partial charge in [0.2, 0.25) is 10.0 Å². The molecule has 2 rings (SSSR count).